The summed E-state index contributed by atoms with van der Waals surface area (Å²) < 4.78 is 0. The van der Waals surface area contributed by atoms with Crippen LogP contribution in [-0.4, -0.2) is 24.5 Å². The summed E-state index contributed by atoms with van der Waals surface area (Å²) in [5.41, 5.74) is 1.00. The van der Waals surface area contributed by atoms with Crippen molar-refractivity contribution in [1.82, 2.24) is 0 Å². The van der Waals surface area contributed by atoms with Gasteiger partial charge in [0, 0.05) is 25.8 Å². The van der Waals surface area contributed by atoms with Crippen molar-refractivity contribution in [3.05, 3.63) is 0 Å². The summed E-state index contributed by atoms with van der Waals surface area (Å²) in [4.78, 5) is 3.83. The van der Waals surface area contributed by atoms with Gasteiger partial charge >= 0.3 is 0 Å². The van der Waals surface area contributed by atoms with Gasteiger partial charge in [0.2, 0.25) is 0 Å². The lowest BCUT2D eigenvalue weighted by Crippen LogP contribution is -1.93. The van der Waals surface area contributed by atoms with Crippen molar-refractivity contribution in [2.45, 2.75) is 13.3 Å². The van der Waals surface area contributed by atoms with E-state index in [1.165, 1.54) is 0 Å². The van der Waals surface area contributed by atoms with E-state index in [1.54, 1.807) is 7.05 Å². The minimum Gasteiger partial charge on any atom is -0.396 e. The minimum atomic E-state index is 0.211. The normalized spacial score (nSPS) is 12.1. The Morgan fingerprint density at radius 2 is 2.29 bits per heavy atom. The fraction of sp³-hybridized carbons (Fsp3) is 0.800. The molecule has 0 amide bonds. The Morgan fingerprint density at radius 1 is 1.71 bits per heavy atom. The van der Waals surface area contributed by atoms with Crippen LogP contribution in [0.1, 0.15) is 13.3 Å². The van der Waals surface area contributed by atoms with Crippen LogP contribution in [0.5, 0.6) is 0 Å². The molecular weight excluding hydrogens is 90.1 g/mol. The van der Waals surface area contributed by atoms with E-state index in [0.717, 1.165) is 5.71 Å². The Kier molecular flexibility index (Phi) is 3.61. The van der Waals surface area contributed by atoms with Crippen molar-refractivity contribution in [2.24, 2.45) is 4.99 Å². The van der Waals surface area contributed by atoms with Crippen molar-refractivity contribution in [2.75, 3.05) is 13.7 Å². The summed E-state index contributed by atoms with van der Waals surface area (Å²) in [5, 5.41) is 8.29. The molecule has 2 nitrogen and oxygen atoms in total. The first-order chi connectivity index (χ1) is 3.31. The molecule has 0 aromatic rings. The van der Waals surface area contributed by atoms with E-state index >= 15 is 0 Å². The molecule has 0 heterocycles. The van der Waals surface area contributed by atoms with E-state index in [1.807, 2.05) is 6.92 Å². The zero-order valence-corrected chi connectivity index (χ0v) is 4.81. The number of hydrogen-bond acceptors (Lipinski definition) is 2. The lowest BCUT2D eigenvalue weighted by Gasteiger charge is -1.89. The van der Waals surface area contributed by atoms with Crippen molar-refractivity contribution in [3.8, 4) is 0 Å². The number of nitrogens with zero attached hydrogens (tertiary/aromatic N) is 1. The summed E-state index contributed by atoms with van der Waals surface area (Å²) >= 11 is 0. The minimum absolute atomic E-state index is 0.211. The van der Waals surface area contributed by atoms with Crippen LogP contribution in [-0.2, 0) is 0 Å². The lowest BCUT2D eigenvalue weighted by molar-refractivity contribution is 0.307. The first-order valence-corrected chi connectivity index (χ1v) is 2.34. The van der Waals surface area contributed by atoms with Gasteiger partial charge in [-0.1, -0.05) is 0 Å². The summed E-state index contributed by atoms with van der Waals surface area (Å²) in [6.45, 7) is 2.11. The Morgan fingerprint density at radius 3 is 2.43 bits per heavy atom. The first-order valence-electron chi connectivity index (χ1n) is 2.34. The molecule has 0 aliphatic carbocycles. The fourth-order valence-corrected chi connectivity index (χ4v) is 0.274. The third-order valence-corrected chi connectivity index (χ3v) is 0.855. The molecule has 0 aliphatic heterocycles. The molecule has 7 heavy (non-hydrogen) atoms. The number of rotatable bonds is 2. The van der Waals surface area contributed by atoms with E-state index < -0.39 is 0 Å². The van der Waals surface area contributed by atoms with Crippen LogP contribution in [0.25, 0.3) is 0 Å². The van der Waals surface area contributed by atoms with Gasteiger partial charge in [-0.2, -0.15) is 0 Å². The van der Waals surface area contributed by atoms with Gasteiger partial charge in [0.25, 0.3) is 0 Å². The van der Waals surface area contributed by atoms with Crippen LogP contribution in [0.15, 0.2) is 4.99 Å². The number of aliphatic hydroxyl groups is 1. The predicted molar refractivity (Wildman–Crippen MR) is 30.7 cm³/mol. The molecule has 0 fully saturated rings. The number of aliphatic hydroxyl groups excluding tert-OH is 1. The van der Waals surface area contributed by atoms with Gasteiger partial charge in [-0.15, -0.1) is 0 Å². The largest absolute Gasteiger partial charge is 0.396 e. The highest BCUT2D eigenvalue weighted by Crippen LogP contribution is 1.80. The molecule has 0 aromatic heterocycles. The van der Waals surface area contributed by atoms with E-state index in [0.29, 0.717) is 6.42 Å². The van der Waals surface area contributed by atoms with Gasteiger partial charge in [0.15, 0.2) is 0 Å². The van der Waals surface area contributed by atoms with E-state index in [-0.39, 0.29) is 6.61 Å². The Bertz CT molecular complexity index is 68.5. The Balaban J connectivity index is 3.17. The molecule has 0 saturated carbocycles. The van der Waals surface area contributed by atoms with Crippen LogP contribution in [0.4, 0.5) is 0 Å². The van der Waals surface area contributed by atoms with E-state index in [2.05, 4.69) is 4.99 Å². The molecule has 0 radical (unpaired) electrons. The fourth-order valence-electron chi connectivity index (χ4n) is 0.274. The van der Waals surface area contributed by atoms with Crippen molar-refractivity contribution in [3.63, 3.8) is 0 Å². The van der Waals surface area contributed by atoms with Crippen molar-refractivity contribution in [1.29, 1.82) is 0 Å². The first kappa shape index (κ1) is 6.63. The average Bonchev–Trinajstić information content (AvgIpc) is 1.68. The van der Waals surface area contributed by atoms with Gasteiger partial charge in [0.05, 0.1) is 0 Å². The molecule has 0 rings (SSSR count). The molecule has 0 bridgehead atoms. The van der Waals surface area contributed by atoms with Gasteiger partial charge in [0.1, 0.15) is 0 Å². The molecule has 0 atom stereocenters. The molecule has 2 heteroatoms. The van der Waals surface area contributed by atoms with Gasteiger partial charge in [-0.25, -0.2) is 0 Å². The highest BCUT2D eigenvalue weighted by atomic mass is 16.2. The van der Waals surface area contributed by atoms with Crippen LogP contribution in [0, 0.1) is 0 Å². The molecule has 0 aromatic carbocycles. The van der Waals surface area contributed by atoms with Gasteiger partial charge in [-0.05, 0) is 6.92 Å². The van der Waals surface area contributed by atoms with Gasteiger partial charge < -0.3 is 5.11 Å². The molecular formula is C5H11NO. The van der Waals surface area contributed by atoms with Crippen molar-refractivity contribution >= 4 is 5.71 Å². The third kappa shape index (κ3) is 3.46. The smallest absolute Gasteiger partial charge is 0.0483 e. The van der Waals surface area contributed by atoms with E-state index in [9.17, 15) is 0 Å². The second-order valence-corrected chi connectivity index (χ2v) is 1.43. The molecule has 0 aliphatic rings. The topological polar surface area (TPSA) is 32.6 Å². The maximum absolute atomic E-state index is 8.29. The molecule has 0 spiro atoms. The maximum Gasteiger partial charge on any atom is 0.0483 e. The molecule has 1 N–H and O–H groups in total. The van der Waals surface area contributed by atoms with Gasteiger partial charge in [-0.3, -0.25) is 4.99 Å². The number of aliphatic imine (C=N–C) groups is 1. The highest BCUT2D eigenvalue weighted by Gasteiger charge is 1.82. The SMILES string of the molecule is C/N=C(\C)CCO. The van der Waals surface area contributed by atoms with Crippen LogP contribution in [0.3, 0.4) is 0 Å². The second kappa shape index (κ2) is 3.81. The van der Waals surface area contributed by atoms with Crippen molar-refractivity contribution < 1.29 is 5.11 Å². The summed E-state index contributed by atoms with van der Waals surface area (Å²) in [6, 6.07) is 0. The average molecular weight is 101 g/mol. The monoisotopic (exact) mass is 101 g/mol. The lowest BCUT2D eigenvalue weighted by atomic mass is 10.3. The molecule has 0 saturated heterocycles. The Labute approximate surface area is 43.9 Å². The standard InChI is InChI=1S/C5H11NO/c1-5(6-2)3-4-7/h7H,3-4H2,1-2H3/b6-5+. The molecule has 42 valence electrons. The highest BCUT2D eigenvalue weighted by molar-refractivity contribution is 5.81. The maximum atomic E-state index is 8.29. The summed E-state index contributed by atoms with van der Waals surface area (Å²) in [6.07, 6.45) is 0.705. The van der Waals surface area contributed by atoms with Crippen LogP contribution >= 0.6 is 0 Å². The predicted octanol–water partition coefficient (Wildman–Crippen LogP) is 0.460. The van der Waals surface area contributed by atoms with Crippen LogP contribution in [0.2, 0.25) is 0 Å². The quantitative estimate of drug-likeness (QED) is 0.503. The number of hydrogen-bond donors (Lipinski definition) is 1. The zero-order valence-electron chi connectivity index (χ0n) is 4.81. The third-order valence-electron chi connectivity index (χ3n) is 0.855. The summed E-state index contributed by atoms with van der Waals surface area (Å²) in [5.74, 6) is 0. The van der Waals surface area contributed by atoms with Crippen LogP contribution < -0.4 is 0 Å². The van der Waals surface area contributed by atoms with E-state index in [4.69, 9.17) is 5.11 Å². The zero-order chi connectivity index (χ0) is 5.70. The summed E-state index contributed by atoms with van der Waals surface area (Å²) in [7, 11) is 1.73. The second-order valence-electron chi connectivity index (χ2n) is 1.43. The Hall–Kier alpha value is -0.370. The molecule has 0 unspecified atom stereocenters.